The molecule has 56 heavy (non-hydrogen) atoms. The molecule has 0 spiro atoms. The van der Waals surface area contributed by atoms with E-state index < -0.39 is 7.94 Å². The molecule has 0 bridgehead atoms. The maximum absolute atomic E-state index is 7.49. The molecular weight excluding hydrogens is 704 g/mol. The van der Waals surface area contributed by atoms with Gasteiger partial charge in [0.15, 0.2) is 0 Å². The molecular formula is C52H91O3P. The molecule has 0 N–H and O–H groups in total. The van der Waals surface area contributed by atoms with Crippen molar-refractivity contribution in [3.63, 3.8) is 0 Å². The van der Waals surface area contributed by atoms with Crippen LogP contribution >= 0.6 is 7.94 Å². The van der Waals surface area contributed by atoms with Crippen molar-refractivity contribution in [1.82, 2.24) is 0 Å². The molecule has 0 atom stereocenters. The van der Waals surface area contributed by atoms with Crippen LogP contribution in [-0.2, 0) is 19.9 Å². The quantitative estimate of drug-likeness (QED) is 0.0466. The monoisotopic (exact) mass is 795 g/mol. The van der Waals surface area contributed by atoms with Crippen LogP contribution in [0, 0.1) is 25.7 Å². The third-order valence-corrected chi connectivity index (χ3v) is 13.9. The summed E-state index contributed by atoms with van der Waals surface area (Å²) in [5, 5.41) is 1.14. The fraction of sp³-hybridized carbons (Fsp3) is 0.731. The molecule has 0 fully saturated rings. The molecule has 0 aliphatic rings. The number of rotatable bonds is 29. The van der Waals surface area contributed by atoms with E-state index in [-0.39, 0.29) is 10.8 Å². The van der Waals surface area contributed by atoms with Gasteiger partial charge in [-0.2, -0.15) is 0 Å². The van der Waals surface area contributed by atoms with Crippen LogP contribution in [0.25, 0.3) is 0 Å². The van der Waals surface area contributed by atoms with E-state index in [2.05, 4.69) is 132 Å². The normalized spacial score (nSPS) is 13.3. The van der Waals surface area contributed by atoms with Gasteiger partial charge >= 0.3 is 323 Å². The first kappa shape index (κ1) is 50.5. The predicted molar refractivity (Wildman–Crippen MR) is 251 cm³/mol. The first-order valence-electron chi connectivity index (χ1n) is 23.4. The van der Waals surface area contributed by atoms with Crippen molar-refractivity contribution >= 4 is 13.2 Å². The summed E-state index contributed by atoms with van der Waals surface area (Å²) in [6.45, 7) is 31.0. The molecule has 3 nitrogen and oxygen atoms in total. The summed E-state index contributed by atoms with van der Waals surface area (Å²) < 4.78 is 22.1. The first-order valence-corrected chi connectivity index (χ1v) is 25.1. The van der Waals surface area contributed by atoms with E-state index in [9.17, 15) is 0 Å². The molecule has 322 valence electrons. The first-order chi connectivity index (χ1) is 26.5. The van der Waals surface area contributed by atoms with Crippen LogP contribution in [0.5, 0.6) is 5.75 Å². The van der Waals surface area contributed by atoms with E-state index in [0.29, 0.717) is 13.2 Å². The SMILES string of the molecule is CCCC=C(CCCCCCC(C)C)CCCO[PH](OCCCCCCCCCCC(C)C)(Oc1cc(C)ccc1C(C)(C)C)c1cc(C)ccc1C(C)(C)C. The third-order valence-electron chi connectivity index (χ3n) is 11.2. The molecule has 0 radical (unpaired) electrons. The molecule has 4 heteroatoms. The second kappa shape index (κ2) is 26.4. The molecule has 0 amide bonds. The van der Waals surface area contributed by atoms with Crippen LogP contribution in [0.2, 0.25) is 0 Å². The Morgan fingerprint density at radius 2 is 1.05 bits per heavy atom. The Bertz CT molecular complexity index is 1380. The van der Waals surface area contributed by atoms with Crippen LogP contribution in [-0.4, -0.2) is 13.2 Å². The van der Waals surface area contributed by atoms with Crippen molar-refractivity contribution in [3.05, 3.63) is 70.3 Å². The summed E-state index contributed by atoms with van der Waals surface area (Å²) in [6.07, 6.45) is 26.4. The van der Waals surface area contributed by atoms with Crippen molar-refractivity contribution in [2.75, 3.05) is 13.2 Å². The van der Waals surface area contributed by atoms with E-state index in [1.54, 1.807) is 5.57 Å². The topological polar surface area (TPSA) is 27.7 Å². The summed E-state index contributed by atoms with van der Waals surface area (Å²) in [7, 11) is -3.50. The summed E-state index contributed by atoms with van der Waals surface area (Å²) >= 11 is 0. The minimum atomic E-state index is -3.50. The van der Waals surface area contributed by atoms with Crippen molar-refractivity contribution in [1.29, 1.82) is 0 Å². The molecule has 2 aromatic rings. The Morgan fingerprint density at radius 3 is 1.59 bits per heavy atom. The predicted octanol–water partition coefficient (Wildman–Crippen LogP) is 16.8. The van der Waals surface area contributed by atoms with Gasteiger partial charge in [-0.15, -0.1) is 0 Å². The summed E-state index contributed by atoms with van der Waals surface area (Å²) in [5.41, 5.74) is 6.28. The Balaban J connectivity index is 2.40. The second-order valence-corrected chi connectivity index (χ2v) is 22.4. The fourth-order valence-electron chi connectivity index (χ4n) is 7.72. The van der Waals surface area contributed by atoms with Crippen molar-refractivity contribution in [2.45, 2.75) is 223 Å². The van der Waals surface area contributed by atoms with Gasteiger partial charge in [0.05, 0.1) is 0 Å². The van der Waals surface area contributed by atoms with E-state index in [4.69, 9.17) is 13.6 Å². The van der Waals surface area contributed by atoms with E-state index in [1.807, 2.05) is 0 Å². The minimum absolute atomic E-state index is 0.0921. The Morgan fingerprint density at radius 1 is 0.589 bits per heavy atom. The summed E-state index contributed by atoms with van der Waals surface area (Å²) in [4.78, 5) is 0. The molecule has 2 rings (SSSR count). The number of benzene rings is 2. The standard InChI is InChI=1S/C52H91O3P/c1-14-15-31-46(32-26-22-21-25-30-43(4)5)33-28-39-54-56(50-41-45(7)35-37-48(50)52(11,12)13,55-49-40-44(6)34-36-47(49)51(8,9)10)53-38-27-23-19-17-16-18-20-24-29-42(2)3/h31,34-37,40-43,56H,14-30,32-33,38-39H2,1-13H3. The molecule has 0 aromatic heterocycles. The van der Waals surface area contributed by atoms with Crippen LogP contribution < -0.4 is 9.83 Å². The van der Waals surface area contributed by atoms with Gasteiger partial charge in [-0.3, -0.25) is 0 Å². The van der Waals surface area contributed by atoms with Crippen LogP contribution in [0.1, 0.15) is 220 Å². The second-order valence-electron chi connectivity index (χ2n) is 20.0. The van der Waals surface area contributed by atoms with Gasteiger partial charge in [0.25, 0.3) is 0 Å². The van der Waals surface area contributed by atoms with Gasteiger partial charge in [-0.1, -0.05) is 27.7 Å². The van der Waals surface area contributed by atoms with Crippen molar-refractivity contribution in [2.24, 2.45) is 11.8 Å². The van der Waals surface area contributed by atoms with Gasteiger partial charge in [-0.05, 0) is 0 Å². The molecule has 0 saturated heterocycles. The van der Waals surface area contributed by atoms with Crippen molar-refractivity contribution in [3.8, 4) is 5.75 Å². The van der Waals surface area contributed by atoms with Crippen molar-refractivity contribution < 1.29 is 13.6 Å². The molecule has 2 aromatic carbocycles. The maximum atomic E-state index is 7.49. The molecule has 0 unspecified atom stereocenters. The molecule has 0 saturated carbocycles. The number of allylic oxidation sites excluding steroid dienone is 2. The van der Waals surface area contributed by atoms with Crippen LogP contribution in [0.3, 0.4) is 0 Å². The zero-order valence-corrected chi connectivity index (χ0v) is 40.3. The van der Waals surface area contributed by atoms with E-state index in [1.165, 1.54) is 119 Å². The average Bonchev–Trinajstić information content (AvgIpc) is 3.10. The fourth-order valence-corrected chi connectivity index (χ4v) is 10.8. The van der Waals surface area contributed by atoms with Gasteiger partial charge in [0.1, 0.15) is 0 Å². The Hall–Kier alpha value is -1.67. The third kappa shape index (κ3) is 19.9. The number of hydrogen-bond acceptors (Lipinski definition) is 3. The van der Waals surface area contributed by atoms with Crippen LogP contribution in [0.4, 0.5) is 0 Å². The van der Waals surface area contributed by atoms with E-state index in [0.717, 1.165) is 48.6 Å². The Labute approximate surface area is 349 Å². The molecule has 0 heterocycles. The zero-order chi connectivity index (χ0) is 41.6. The van der Waals surface area contributed by atoms with Gasteiger partial charge < -0.3 is 0 Å². The number of unbranched alkanes of at least 4 members (excludes halogenated alkanes) is 11. The average molecular weight is 795 g/mol. The summed E-state index contributed by atoms with van der Waals surface area (Å²) in [5.74, 6) is 2.54. The van der Waals surface area contributed by atoms with E-state index >= 15 is 0 Å². The van der Waals surface area contributed by atoms with Gasteiger partial charge in [-0.25, -0.2) is 0 Å². The van der Waals surface area contributed by atoms with Gasteiger partial charge in [0.2, 0.25) is 0 Å². The van der Waals surface area contributed by atoms with Gasteiger partial charge in [0, 0.05) is 0 Å². The van der Waals surface area contributed by atoms with Crippen LogP contribution in [0.15, 0.2) is 48.0 Å². The molecule has 0 aliphatic heterocycles. The zero-order valence-electron chi connectivity index (χ0n) is 39.3. The number of hydrogen-bond donors (Lipinski definition) is 0. The molecule has 0 aliphatic carbocycles. The summed E-state index contributed by atoms with van der Waals surface area (Å²) in [6, 6.07) is 13.6. The Kier molecular flexibility index (Phi) is 23.8. The number of aryl methyl sites for hydroxylation is 2.